The van der Waals surface area contributed by atoms with Crippen LogP contribution in [0.2, 0.25) is 0 Å². The van der Waals surface area contributed by atoms with Crippen LogP contribution in [0.25, 0.3) is 0 Å². The molecule has 2 aromatic rings. The van der Waals surface area contributed by atoms with Gasteiger partial charge in [0.05, 0.1) is 12.1 Å². The molecule has 4 nitrogen and oxygen atoms in total. The Kier molecular flexibility index (Phi) is 7.71. The zero-order chi connectivity index (χ0) is 20.7. The quantitative estimate of drug-likeness (QED) is 0.628. The first kappa shape index (κ1) is 22.0. The number of ether oxygens (including phenoxy) is 1. The Morgan fingerprint density at radius 2 is 1.71 bits per heavy atom. The fourth-order valence-corrected chi connectivity index (χ4v) is 3.00. The van der Waals surface area contributed by atoms with Crippen LogP contribution in [0.4, 0.5) is 13.2 Å². The smallest absolute Gasteiger partial charge is 0.406 e. The van der Waals surface area contributed by atoms with Crippen LogP contribution in [0, 0.1) is 0 Å². The van der Waals surface area contributed by atoms with Gasteiger partial charge >= 0.3 is 6.36 Å². The van der Waals surface area contributed by atoms with Crippen molar-refractivity contribution in [3.8, 4) is 5.75 Å². The fraction of sp³-hybridized carbons (Fsp3) is 0.350. The summed E-state index contributed by atoms with van der Waals surface area (Å²) in [5, 5.41) is 10.4. The van der Waals surface area contributed by atoms with Crippen LogP contribution in [0.3, 0.4) is 0 Å². The van der Waals surface area contributed by atoms with Crippen molar-refractivity contribution in [3.05, 3.63) is 65.7 Å². The Hall–Kier alpha value is -2.25. The number of carbonyl (C=O) groups is 1. The van der Waals surface area contributed by atoms with Crippen LogP contribution in [0.15, 0.2) is 54.6 Å². The first-order valence-corrected chi connectivity index (χ1v) is 9.19. The van der Waals surface area contributed by atoms with Gasteiger partial charge in [-0.05, 0) is 36.6 Å². The number of alkyl halides is 4. The van der Waals surface area contributed by atoms with Gasteiger partial charge in [0.2, 0.25) is 5.91 Å². The molecule has 0 aliphatic rings. The van der Waals surface area contributed by atoms with Crippen molar-refractivity contribution in [2.45, 2.75) is 31.9 Å². The van der Waals surface area contributed by atoms with Gasteiger partial charge in [-0.3, -0.25) is 4.79 Å². The normalized spacial score (nSPS) is 13.6. The van der Waals surface area contributed by atoms with Gasteiger partial charge < -0.3 is 14.7 Å². The van der Waals surface area contributed by atoms with E-state index in [0.29, 0.717) is 5.56 Å². The summed E-state index contributed by atoms with van der Waals surface area (Å²) in [6, 6.07) is 14.2. The Morgan fingerprint density at radius 3 is 2.25 bits per heavy atom. The van der Waals surface area contributed by atoms with E-state index < -0.39 is 12.5 Å². The van der Waals surface area contributed by atoms with Crippen LogP contribution in [-0.4, -0.2) is 34.7 Å². The fourth-order valence-electron chi connectivity index (χ4n) is 2.84. The van der Waals surface area contributed by atoms with Gasteiger partial charge in [0, 0.05) is 6.54 Å². The maximum absolute atomic E-state index is 12.2. The number of hydrogen-bond acceptors (Lipinski definition) is 3. The van der Waals surface area contributed by atoms with Crippen LogP contribution in [0.5, 0.6) is 5.75 Å². The van der Waals surface area contributed by atoms with Crippen molar-refractivity contribution in [2.24, 2.45) is 0 Å². The van der Waals surface area contributed by atoms with E-state index in [1.165, 1.54) is 12.1 Å². The first-order valence-electron chi connectivity index (χ1n) is 8.65. The standard InChI is InChI=1S/C20H21ClF3NO3/c1-14(15-5-3-2-4-6-15)25(19(27)13-21)12-11-18(26)16-7-9-17(10-8-16)28-20(22,23)24/h2-10,14,18,26H,11-13H2,1H3/t14-,18?/m1/s1. The third-order valence-corrected chi connectivity index (χ3v) is 4.55. The van der Waals surface area contributed by atoms with Gasteiger partial charge in [-0.15, -0.1) is 24.8 Å². The molecule has 0 saturated heterocycles. The predicted molar refractivity (Wildman–Crippen MR) is 100.0 cm³/mol. The minimum Gasteiger partial charge on any atom is -0.406 e. The minimum absolute atomic E-state index is 0.184. The van der Waals surface area contributed by atoms with E-state index in [4.69, 9.17) is 11.6 Å². The van der Waals surface area contributed by atoms with Crippen LogP contribution >= 0.6 is 11.6 Å². The maximum atomic E-state index is 12.2. The number of halogens is 4. The number of aliphatic hydroxyl groups excluding tert-OH is 1. The number of amides is 1. The summed E-state index contributed by atoms with van der Waals surface area (Å²) < 4.78 is 40.5. The lowest BCUT2D eigenvalue weighted by molar-refractivity contribution is -0.274. The first-order chi connectivity index (χ1) is 13.2. The Bertz CT molecular complexity index is 754. The largest absolute Gasteiger partial charge is 0.573 e. The second-order valence-electron chi connectivity index (χ2n) is 6.23. The number of rotatable bonds is 8. The lowest BCUT2D eigenvalue weighted by Gasteiger charge is -2.30. The summed E-state index contributed by atoms with van der Waals surface area (Å²) in [4.78, 5) is 13.8. The zero-order valence-corrected chi connectivity index (χ0v) is 16.0. The van der Waals surface area contributed by atoms with E-state index in [1.807, 2.05) is 37.3 Å². The van der Waals surface area contributed by atoms with Crippen molar-refractivity contribution < 1.29 is 27.8 Å². The monoisotopic (exact) mass is 415 g/mol. The SMILES string of the molecule is C[C@H](c1ccccc1)N(CCC(O)c1ccc(OC(F)(F)F)cc1)C(=O)CCl. The molecule has 0 bridgehead atoms. The summed E-state index contributed by atoms with van der Waals surface area (Å²) >= 11 is 5.72. The van der Waals surface area contributed by atoms with Crippen LogP contribution in [0.1, 0.15) is 36.6 Å². The van der Waals surface area contributed by atoms with E-state index in [2.05, 4.69) is 4.74 Å². The van der Waals surface area contributed by atoms with E-state index in [1.54, 1.807) is 4.90 Å². The highest BCUT2D eigenvalue weighted by atomic mass is 35.5. The molecule has 1 unspecified atom stereocenters. The van der Waals surface area contributed by atoms with Crippen molar-refractivity contribution in [1.29, 1.82) is 0 Å². The average Bonchev–Trinajstić information content (AvgIpc) is 2.67. The van der Waals surface area contributed by atoms with Gasteiger partial charge in [-0.2, -0.15) is 0 Å². The molecular formula is C20H21ClF3NO3. The molecule has 0 radical (unpaired) electrons. The second-order valence-corrected chi connectivity index (χ2v) is 6.50. The summed E-state index contributed by atoms with van der Waals surface area (Å²) in [5.74, 6) is -0.809. The molecule has 0 saturated carbocycles. The number of hydrogen-bond donors (Lipinski definition) is 1. The highest BCUT2D eigenvalue weighted by Gasteiger charge is 2.31. The molecule has 2 aromatic carbocycles. The summed E-state index contributed by atoms with van der Waals surface area (Å²) in [6.45, 7) is 2.11. The zero-order valence-electron chi connectivity index (χ0n) is 15.2. The minimum atomic E-state index is -4.77. The van der Waals surface area contributed by atoms with Crippen molar-refractivity contribution >= 4 is 17.5 Å². The number of aliphatic hydroxyl groups is 1. The molecule has 0 aromatic heterocycles. The predicted octanol–water partition coefficient (Wildman–Crippen LogP) is 4.84. The van der Waals surface area contributed by atoms with Gasteiger partial charge in [0.15, 0.2) is 0 Å². The van der Waals surface area contributed by atoms with Gasteiger partial charge in [0.25, 0.3) is 0 Å². The summed E-state index contributed by atoms with van der Waals surface area (Å²) in [6.07, 6.45) is -5.51. The van der Waals surface area contributed by atoms with Gasteiger partial charge in [-0.1, -0.05) is 42.5 Å². The Morgan fingerprint density at radius 1 is 1.11 bits per heavy atom. The van der Waals surface area contributed by atoms with Crippen LogP contribution < -0.4 is 4.74 Å². The van der Waals surface area contributed by atoms with E-state index in [9.17, 15) is 23.1 Å². The average molecular weight is 416 g/mol. The summed E-state index contributed by atoms with van der Waals surface area (Å²) in [5.41, 5.74) is 1.37. The number of benzene rings is 2. The third-order valence-electron chi connectivity index (χ3n) is 4.33. The van der Waals surface area contributed by atoms with Crippen molar-refractivity contribution in [2.75, 3.05) is 12.4 Å². The molecule has 28 heavy (non-hydrogen) atoms. The highest BCUT2D eigenvalue weighted by molar-refractivity contribution is 6.27. The van der Waals surface area contributed by atoms with Gasteiger partial charge in [-0.25, -0.2) is 0 Å². The molecule has 0 fully saturated rings. The van der Waals surface area contributed by atoms with E-state index in [-0.39, 0.29) is 36.5 Å². The van der Waals surface area contributed by atoms with Crippen molar-refractivity contribution in [3.63, 3.8) is 0 Å². The molecule has 2 rings (SSSR count). The Labute approximate surface area is 166 Å². The number of nitrogens with zero attached hydrogens (tertiary/aromatic N) is 1. The maximum Gasteiger partial charge on any atom is 0.573 e. The molecule has 1 amide bonds. The third kappa shape index (κ3) is 6.42. The molecule has 2 atom stereocenters. The second kappa shape index (κ2) is 9.80. The Balaban J connectivity index is 2.03. The number of carbonyl (C=O) groups excluding carboxylic acids is 1. The molecule has 0 spiro atoms. The van der Waals surface area contributed by atoms with Crippen LogP contribution in [-0.2, 0) is 4.79 Å². The van der Waals surface area contributed by atoms with E-state index in [0.717, 1.165) is 17.7 Å². The molecule has 0 aliphatic heterocycles. The molecule has 0 aliphatic carbocycles. The van der Waals surface area contributed by atoms with Crippen molar-refractivity contribution in [1.82, 2.24) is 4.90 Å². The topological polar surface area (TPSA) is 49.8 Å². The highest BCUT2D eigenvalue weighted by Crippen LogP contribution is 2.27. The molecule has 1 N–H and O–H groups in total. The molecule has 0 heterocycles. The van der Waals surface area contributed by atoms with Gasteiger partial charge in [0.1, 0.15) is 11.6 Å². The summed E-state index contributed by atoms with van der Waals surface area (Å²) in [7, 11) is 0. The lowest BCUT2D eigenvalue weighted by Crippen LogP contribution is -2.36. The molecule has 152 valence electrons. The molecular weight excluding hydrogens is 395 g/mol. The molecule has 8 heteroatoms. The lowest BCUT2D eigenvalue weighted by atomic mass is 10.0. The van der Waals surface area contributed by atoms with E-state index >= 15 is 0 Å².